The Bertz CT molecular complexity index is 1010. The predicted octanol–water partition coefficient (Wildman–Crippen LogP) is 5.06. The number of aliphatic imine (C=N–C) groups is 1. The molecule has 0 aliphatic heterocycles. The van der Waals surface area contributed by atoms with Gasteiger partial charge in [-0.05, 0) is 125 Å². The summed E-state index contributed by atoms with van der Waals surface area (Å²) in [6.07, 6.45) is 20.8. The van der Waals surface area contributed by atoms with Crippen molar-refractivity contribution < 1.29 is 9.67 Å². The normalized spacial score (nSPS) is 44.2. The van der Waals surface area contributed by atoms with Crippen molar-refractivity contribution in [3.63, 3.8) is 0 Å². The Kier molecular flexibility index (Phi) is 4.13. The first-order chi connectivity index (χ1) is 16.6. The van der Waals surface area contributed by atoms with Gasteiger partial charge in [0.15, 0.2) is 0 Å². The van der Waals surface area contributed by atoms with Crippen molar-refractivity contribution in [1.82, 2.24) is 4.57 Å². The van der Waals surface area contributed by atoms with Gasteiger partial charge in [-0.2, -0.15) is 0 Å². The van der Waals surface area contributed by atoms with Crippen molar-refractivity contribution in [3.05, 3.63) is 48.5 Å². The van der Waals surface area contributed by atoms with Crippen LogP contribution in [0.25, 0.3) is 0 Å². The molecule has 0 unspecified atom stereocenters. The van der Waals surface area contributed by atoms with Gasteiger partial charge in [0.2, 0.25) is 0 Å². The summed E-state index contributed by atoms with van der Waals surface area (Å²) >= 11 is 0. The molecular formula is C30H37N3O. The summed E-state index contributed by atoms with van der Waals surface area (Å²) in [4.78, 5) is 4.70. The van der Waals surface area contributed by atoms with Crippen LogP contribution in [0.1, 0.15) is 82.9 Å². The third-order valence-corrected chi connectivity index (χ3v) is 11.0. The molecule has 0 radical (unpaired) electrons. The van der Waals surface area contributed by atoms with Crippen LogP contribution in [-0.2, 0) is 11.1 Å². The Balaban J connectivity index is 1.29. The minimum Gasteiger partial charge on any atom is -0.853 e. The molecule has 8 fully saturated rings. The lowest BCUT2D eigenvalue weighted by atomic mass is 9.52. The molecule has 8 aliphatic rings. The van der Waals surface area contributed by atoms with E-state index >= 15 is 0 Å². The van der Waals surface area contributed by atoms with Crippen LogP contribution in [0.4, 0.5) is 5.69 Å². The predicted molar refractivity (Wildman–Crippen MR) is 130 cm³/mol. The molecule has 178 valence electrons. The van der Waals surface area contributed by atoms with Gasteiger partial charge in [-0.1, -0.05) is 18.2 Å². The topological polar surface area (TPSA) is 44.2 Å². The van der Waals surface area contributed by atoms with Crippen LogP contribution in [0.15, 0.2) is 47.7 Å². The van der Waals surface area contributed by atoms with Crippen LogP contribution in [0.3, 0.4) is 0 Å². The van der Waals surface area contributed by atoms with E-state index in [0.717, 1.165) is 47.0 Å². The van der Waals surface area contributed by atoms with Gasteiger partial charge in [0.1, 0.15) is 23.5 Å². The Morgan fingerprint density at radius 1 is 0.765 bits per heavy atom. The molecule has 4 nitrogen and oxygen atoms in total. The standard InChI is InChI=1S/C30H37N3O/c34-27(31-26-4-2-1-3-5-26)28-32(29-14-20-8-21(15-29)10-22(9-20)16-29)6-7-33(28)30-17-23-11-24(18-30)13-25(12-23)19-30/h1-7,20-25H,8-19H2. The van der Waals surface area contributed by atoms with E-state index in [1.165, 1.54) is 77.0 Å². The molecule has 0 spiro atoms. The van der Waals surface area contributed by atoms with Crippen LogP contribution < -0.4 is 9.67 Å². The van der Waals surface area contributed by atoms with E-state index < -0.39 is 0 Å². The van der Waals surface area contributed by atoms with Crippen molar-refractivity contribution in [2.24, 2.45) is 40.5 Å². The lowest BCUT2D eigenvalue weighted by molar-refractivity contribution is -0.778. The highest BCUT2D eigenvalue weighted by Gasteiger charge is 2.59. The number of hydrogen-bond acceptors (Lipinski definition) is 2. The minimum absolute atomic E-state index is 0.0253. The van der Waals surface area contributed by atoms with Gasteiger partial charge in [0.25, 0.3) is 5.82 Å². The van der Waals surface area contributed by atoms with Gasteiger partial charge in [0.05, 0.1) is 11.6 Å². The summed E-state index contributed by atoms with van der Waals surface area (Å²) in [5, 5.41) is 14.1. The molecule has 1 aromatic carbocycles. The van der Waals surface area contributed by atoms with Crippen LogP contribution in [-0.4, -0.2) is 10.5 Å². The fraction of sp³-hybridized carbons (Fsp3) is 0.667. The van der Waals surface area contributed by atoms with Gasteiger partial charge in [0, 0.05) is 0 Å². The molecule has 0 N–H and O–H groups in total. The van der Waals surface area contributed by atoms with E-state index in [9.17, 15) is 5.11 Å². The molecular weight excluding hydrogens is 418 g/mol. The molecule has 0 amide bonds. The zero-order chi connectivity index (χ0) is 22.5. The molecule has 4 heteroatoms. The maximum atomic E-state index is 14.1. The van der Waals surface area contributed by atoms with Gasteiger partial charge in [-0.3, -0.25) is 4.99 Å². The molecule has 1 aromatic heterocycles. The zero-order valence-corrected chi connectivity index (χ0v) is 20.2. The van der Waals surface area contributed by atoms with E-state index in [-0.39, 0.29) is 17.0 Å². The molecule has 8 bridgehead atoms. The fourth-order valence-electron chi connectivity index (χ4n) is 10.8. The smallest absolute Gasteiger partial charge is 0.293 e. The first kappa shape index (κ1) is 20.1. The number of imidazole rings is 1. The van der Waals surface area contributed by atoms with Crippen molar-refractivity contribution in [2.45, 2.75) is 88.1 Å². The van der Waals surface area contributed by atoms with Crippen molar-refractivity contribution in [1.29, 1.82) is 0 Å². The van der Waals surface area contributed by atoms with E-state index in [1.807, 2.05) is 30.3 Å². The quantitative estimate of drug-likeness (QED) is 0.361. The Hall–Kier alpha value is -2.10. The third kappa shape index (κ3) is 2.89. The first-order valence-corrected chi connectivity index (χ1v) is 14.0. The van der Waals surface area contributed by atoms with Crippen molar-refractivity contribution in [3.8, 4) is 0 Å². The van der Waals surface area contributed by atoms with Crippen LogP contribution in [0.5, 0.6) is 0 Å². The van der Waals surface area contributed by atoms with Crippen LogP contribution in [0.2, 0.25) is 0 Å². The summed E-state index contributed by atoms with van der Waals surface area (Å²) in [7, 11) is 0. The average Bonchev–Trinajstić information content (AvgIpc) is 3.25. The summed E-state index contributed by atoms with van der Waals surface area (Å²) in [6.45, 7) is 0. The second-order valence-electron chi connectivity index (χ2n) is 13.4. The Morgan fingerprint density at radius 3 is 1.79 bits per heavy atom. The summed E-state index contributed by atoms with van der Waals surface area (Å²) in [6, 6.07) is 9.89. The highest BCUT2D eigenvalue weighted by atomic mass is 16.3. The van der Waals surface area contributed by atoms with E-state index in [4.69, 9.17) is 4.99 Å². The molecule has 8 aliphatic carbocycles. The average molecular weight is 456 g/mol. The Labute approximate surface area is 203 Å². The molecule has 0 saturated heterocycles. The van der Waals surface area contributed by atoms with Crippen molar-refractivity contribution in [2.75, 3.05) is 0 Å². The monoisotopic (exact) mass is 455 g/mol. The van der Waals surface area contributed by atoms with Crippen LogP contribution in [0, 0.1) is 35.5 Å². The molecule has 8 saturated carbocycles. The molecule has 2 aromatic rings. The van der Waals surface area contributed by atoms with Crippen LogP contribution >= 0.6 is 0 Å². The number of rotatable bonds is 4. The SMILES string of the molecule is [O-]/C(=N\c1ccccc1)c1n(C23CC4CC(CC(C4)C2)C3)cc[n+]1C12CC3CC(CC(C3)C1)C2. The number of nitrogens with zero attached hydrogens (tertiary/aromatic N) is 3. The molecule has 10 rings (SSSR count). The highest BCUT2D eigenvalue weighted by Crippen LogP contribution is 2.60. The summed E-state index contributed by atoms with van der Waals surface area (Å²) in [5.74, 6) is 6.01. The second kappa shape index (κ2) is 6.98. The van der Waals surface area contributed by atoms with Gasteiger partial charge >= 0.3 is 0 Å². The van der Waals surface area contributed by atoms with Gasteiger partial charge < -0.3 is 5.11 Å². The second-order valence-corrected chi connectivity index (χ2v) is 13.4. The molecule has 0 atom stereocenters. The van der Waals surface area contributed by atoms with E-state index in [0.29, 0.717) is 0 Å². The fourth-order valence-corrected chi connectivity index (χ4v) is 10.8. The molecule has 1 heterocycles. The van der Waals surface area contributed by atoms with Gasteiger partial charge in [-0.25, -0.2) is 9.13 Å². The zero-order valence-electron chi connectivity index (χ0n) is 20.2. The highest BCUT2D eigenvalue weighted by molar-refractivity contribution is 5.87. The van der Waals surface area contributed by atoms with Crippen molar-refractivity contribution >= 4 is 11.6 Å². The lowest BCUT2D eigenvalue weighted by Crippen LogP contribution is -2.67. The lowest BCUT2D eigenvalue weighted by Gasteiger charge is -2.56. The van der Waals surface area contributed by atoms with Gasteiger partial charge in [-0.15, -0.1) is 0 Å². The maximum absolute atomic E-state index is 14.1. The maximum Gasteiger partial charge on any atom is 0.293 e. The number of aromatic nitrogens is 2. The number of hydrogen-bond donors (Lipinski definition) is 0. The van der Waals surface area contributed by atoms with E-state index in [2.05, 4.69) is 21.5 Å². The largest absolute Gasteiger partial charge is 0.853 e. The summed E-state index contributed by atoms with van der Waals surface area (Å²) in [5.41, 5.74) is 1.06. The first-order valence-electron chi connectivity index (χ1n) is 14.0. The number of para-hydroxylation sites is 1. The summed E-state index contributed by atoms with van der Waals surface area (Å²) < 4.78 is 4.98. The molecule has 34 heavy (non-hydrogen) atoms. The van der Waals surface area contributed by atoms with E-state index in [1.54, 1.807) is 0 Å². The number of benzene rings is 1. The Morgan fingerprint density at radius 2 is 1.26 bits per heavy atom. The minimum atomic E-state index is -0.0253. The third-order valence-electron chi connectivity index (χ3n) is 11.0.